The Hall–Kier alpha value is -2.15. The van der Waals surface area contributed by atoms with Crippen LogP contribution < -0.4 is 10.4 Å². The van der Waals surface area contributed by atoms with E-state index in [4.69, 9.17) is 4.43 Å². The minimum absolute atomic E-state index is 0.699. The topological polar surface area (TPSA) is 33.0 Å². The Balaban J connectivity index is 2.30. The van der Waals surface area contributed by atoms with Gasteiger partial charge in [-0.2, -0.15) is 5.26 Å². The Morgan fingerprint density at radius 2 is 1.52 bits per heavy atom. The molecular formula is C18H17NOSi. The summed E-state index contributed by atoms with van der Waals surface area (Å²) in [5, 5.41) is 13.0. The Labute approximate surface area is 126 Å². The predicted molar refractivity (Wildman–Crippen MR) is 86.8 cm³/mol. The Morgan fingerprint density at radius 3 is 2.00 bits per heavy atom. The summed E-state index contributed by atoms with van der Waals surface area (Å²) in [5.74, 6) is 0. The normalized spacial score (nSPS) is 19.0. The molecule has 1 saturated heterocycles. The second kappa shape index (κ2) is 5.69. The van der Waals surface area contributed by atoms with Crippen molar-refractivity contribution in [2.45, 2.75) is 13.3 Å². The monoisotopic (exact) mass is 291 g/mol. The van der Waals surface area contributed by atoms with Crippen LogP contribution in [0.25, 0.3) is 0 Å². The number of allylic oxidation sites excluding steroid dienone is 1. The Bertz CT molecular complexity index is 662. The molecule has 2 aromatic carbocycles. The van der Waals surface area contributed by atoms with Crippen molar-refractivity contribution >= 4 is 18.7 Å². The van der Waals surface area contributed by atoms with E-state index in [1.807, 2.05) is 43.3 Å². The van der Waals surface area contributed by atoms with Gasteiger partial charge in [0.1, 0.15) is 0 Å². The molecule has 0 aliphatic carbocycles. The average molecular weight is 291 g/mol. The second-order valence-corrected chi connectivity index (χ2v) is 8.64. The summed E-state index contributed by atoms with van der Waals surface area (Å²) in [5.41, 5.74) is 0.812. The van der Waals surface area contributed by atoms with E-state index in [0.717, 1.165) is 12.0 Å². The molecular weight excluding hydrogens is 274 g/mol. The molecule has 0 amide bonds. The quantitative estimate of drug-likeness (QED) is 0.629. The number of hydrogen-bond acceptors (Lipinski definition) is 2. The van der Waals surface area contributed by atoms with Gasteiger partial charge in [-0.05, 0) is 28.9 Å². The maximum absolute atomic E-state index is 9.38. The van der Waals surface area contributed by atoms with Crippen molar-refractivity contribution in [3.8, 4) is 6.07 Å². The van der Waals surface area contributed by atoms with Gasteiger partial charge < -0.3 is 4.43 Å². The standard InChI is InChI=1S/C18H17NOSi/c1-15(14-19)18-12-13-20-21(18,16-8-4-2-5-9-16)17-10-6-3-7-11-17/h2-11H,12-13H2,1H3/b18-15-. The van der Waals surface area contributed by atoms with Crippen LogP contribution in [0.5, 0.6) is 0 Å². The van der Waals surface area contributed by atoms with Crippen LogP contribution in [0.1, 0.15) is 13.3 Å². The second-order valence-electron chi connectivity index (χ2n) is 5.23. The van der Waals surface area contributed by atoms with Crippen LogP contribution in [0.4, 0.5) is 0 Å². The first kappa shape index (κ1) is 13.8. The van der Waals surface area contributed by atoms with Crippen LogP contribution in [-0.4, -0.2) is 14.9 Å². The largest absolute Gasteiger partial charge is 0.404 e. The summed E-state index contributed by atoms with van der Waals surface area (Å²) in [6.07, 6.45) is 0.857. The minimum atomic E-state index is -2.44. The van der Waals surface area contributed by atoms with Crippen molar-refractivity contribution in [1.82, 2.24) is 0 Å². The predicted octanol–water partition coefficient (Wildman–Crippen LogP) is 2.55. The molecule has 0 atom stereocenters. The highest BCUT2D eigenvalue weighted by Gasteiger charge is 2.47. The first-order chi connectivity index (χ1) is 10.3. The Morgan fingerprint density at radius 1 is 1.00 bits per heavy atom. The molecule has 0 radical (unpaired) electrons. The van der Waals surface area contributed by atoms with Crippen molar-refractivity contribution in [2.24, 2.45) is 0 Å². The highest BCUT2D eigenvalue weighted by atomic mass is 28.4. The van der Waals surface area contributed by atoms with E-state index in [9.17, 15) is 5.26 Å². The van der Waals surface area contributed by atoms with Gasteiger partial charge in [0.2, 0.25) is 0 Å². The highest BCUT2D eigenvalue weighted by molar-refractivity contribution is 7.03. The van der Waals surface area contributed by atoms with Crippen molar-refractivity contribution in [3.05, 3.63) is 71.4 Å². The molecule has 1 aliphatic heterocycles. The number of benzene rings is 2. The molecule has 0 N–H and O–H groups in total. The summed E-state index contributed by atoms with van der Waals surface area (Å²) in [6.45, 7) is 2.61. The lowest BCUT2D eigenvalue weighted by atomic mass is 10.2. The number of nitrogens with zero attached hydrogens (tertiary/aromatic N) is 1. The average Bonchev–Trinajstić information content (AvgIpc) is 3.02. The van der Waals surface area contributed by atoms with Gasteiger partial charge in [-0.3, -0.25) is 0 Å². The molecule has 1 fully saturated rings. The molecule has 0 bridgehead atoms. The lowest BCUT2D eigenvalue weighted by Crippen LogP contribution is -2.60. The number of nitriles is 1. The molecule has 0 aromatic heterocycles. The van der Waals surface area contributed by atoms with E-state index in [1.54, 1.807) is 0 Å². The number of hydrogen-bond donors (Lipinski definition) is 0. The first-order valence-electron chi connectivity index (χ1n) is 7.14. The van der Waals surface area contributed by atoms with Crippen LogP contribution in [-0.2, 0) is 4.43 Å². The van der Waals surface area contributed by atoms with Crippen molar-refractivity contribution in [3.63, 3.8) is 0 Å². The zero-order chi connectivity index (χ0) is 14.7. The van der Waals surface area contributed by atoms with Gasteiger partial charge in [-0.1, -0.05) is 60.7 Å². The van der Waals surface area contributed by atoms with Crippen LogP contribution >= 0.6 is 0 Å². The molecule has 0 spiro atoms. The maximum atomic E-state index is 9.38. The lowest BCUT2D eigenvalue weighted by molar-refractivity contribution is 0.357. The third-order valence-corrected chi connectivity index (χ3v) is 8.48. The van der Waals surface area contributed by atoms with E-state index in [-0.39, 0.29) is 0 Å². The van der Waals surface area contributed by atoms with E-state index in [0.29, 0.717) is 6.61 Å². The molecule has 104 valence electrons. The van der Waals surface area contributed by atoms with Gasteiger partial charge in [0.15, 0.2) is 0 Å². The summed E-state index contributed by atoms with van der Waals surface area (Å²) >= 11 is 0. The summed E-state index contributed by atoms with van der Waals surface area (Å²) in [6, 6.07) is 23.1. The molecule has 1 heterocycles. The molecule has 2 aromatic rings. The van der Waals surface area contributed by atoms with Gasteiger partial charge in [-0.25, -0.2) is 0 Å². The smallest absolute Gasteiger partial charge is 0.285 e. The molecule has 3 heteroatoms. The summed E-state index contributed by atoms with van der Waals surface area (Å²) in [4.78, 5) is 0. The van der Waals surface area contributed by atoms with Gasteiger partial charge in [0, 0.05) is 12.2 Å². The molecule has 1 aliphatic rings. The van der Waals surface area contributed by atoms with Crippen LogP contribution in [0.2, 0.25) is 0 Å². The third-order valence-electron chi connectivity index (χ3n) is 4.08. The first-order valence-corrected chi connectivity index (χ1v) is 9.05. The van der Waals surface area contributed by atoms with Crippen molar-refractivity contribution in [2.75, 3.05) is 6.61 Å². The highest BCUT2D eigenvalue weighted by Crippen LogP contribution is 2.29. The van der Waals surface area contributed by atoms with Gasteiger partial charge >= 0.3 is 0 Å². The summed E-state index contributed by atoms with van der Waals surface area (Å²) in [7, 11) is -2.44. The molecule has 3 rings (SSSR count). The molecule has 0 saturated carbocycles. The van der Waals surface area contributed by atoms with Crippen molar-refractivity contribution < 1.29 is 4.43 Å². The van der Waals surface area contributed by atoms with Gasteiger partial charge in [0.25, 0.3) is 8.32 Å². The van der Waals surface area contributed by atoms with E-state index >= 15 is 0 Å². The van der Waals surface area contributed by atoms with Crippen LogP contribution in [0, 0.1) is 11.3 Å². The fourth-order valence-corrected chi connectivity index (χ4v) is 7.42. The third kappa shape index (κ3) is 2.23. The Kier molecular flexibility index (Phi) is 3.74. The zero-order valence-corrected chi connectivity index (χ0v) is 13.0. The van der Waals surface area contributed by atoms with Crippen LogP contribution in [0.3, 0.4) is 0 Å². The van der Waals surface area contributed by atoms with Gasteiger partial charge in [0.05, 0.1) is 6.07 Å². The van der Waals surface area contributed by atoms with Crippen LogP contribution in [0.15, 0.2) is 71.4 Å². The minimum Gasteiger partial charge on any atom is -0.404 e. The molecule has 21 heavy (non-hydrogen) atoms. The number of rotatable bonds is 2. The SMILES string of the molecule is C/C(C#N)=C1\CCO[Si]1(c1ccccc1)c1ccccc1. The van der Waals surface area contributed by atoms with E-state index in [2.05, 4.69) is 30.3 Å². The zero-order valence-electron chi connectivity index (χ0n) is 12.0. The fraction of sp³-hybridized carbons (Fsp3) is 0.167. The van der Waals surface area contributed by atoms with E-state index < -0.39 is 8.32 Å². The molecule has 0 unspecified atom stereocenters. The van der Waals surface area contributed by atoms with E-state index in [1.165, 1.54) is 15.6 Å². The fourth-order valence-electron chi connectivity index (χ4n) is 3.12. The maximum Gasteiger partial charge on any atom is 0.285 e. The summed E-state index contributed by atoms with van der Waals surface area (Å²) < 4.78 is 6.38. The van der Waals surface area contributed by atoms with Crippen molar-refractivity contribution in [1.29, 1.82) is 5.26 Å². The lowest BCUT2D eigenvalue weighted by Gasteiger charge is -2.28. The van der Waals surface area contributed by atoms with Gasteiger partial charge in [-0.15, -0.1) is 0 Å². The molecule has 2 nitrogen and oxygen atoms in total.